The molecule has 0 radical (unpaired) electrons. The first-order valence-electron chi connectivity index (χ1n) is 5.07. The minimum absolute atomic E-state index is 0.162. The molecular formula is C9H25BN2. The third kappa shape index (κ3) is 12.6. The Balaban J connectivity index is 0. The van der Waals surface area contributed by atoms with E-state index in [1.807, 2.05) is 6.92 Å². The van der Waals surface area contributed by atoms with E-state index in [1.165, 1.54) is 19.0 Å². The van der Waals surface area contributed by atoms with Crippen molar-refractivity contribution in [3.63, 3.8) is 0 Å². The van der Waals surface area contributed by atoms with Crippen LogP contribution >= 0.6 is 0 Å². The Bertz CT molecular complexity index is 67.4. The molecule has 0 aliphatic heterocycles. The van der Waals surface area contributed by atoms with Crippen LogP contribution in [0.15, 0.2) is 0 Å². The van der Waals surface area contributed by atoms with Crippen LogP contribution in [0.1, 0.15) is 27.7 Å². The highest BCUT2D eigenvalue weighted by Crippen LogP contribution is 2.01. The van der Waals surface area contributed by atoms with Crippen LogP contribution in [0.3, 0.4) is 0 Å². The lowest BCUT2D eigenvalue weighted by Gasteiger charge is -2.00. The first kappa shape index (κ1) is 14.5. The van der Waals surface area contributed by atoms with Gasteiger partial charge in [0.1, 0.15) is 6.71 Å². The lowest BCUT2D eigenvalue weighted by molar-refractivity contribution is 0.752. The largest absolute Gasteiger partial charge is 0.329 e. The average molecular weight is 172 g/mol. The molecule has 0 bridgehead atoms. The van der Waals surface area contributed by atoms with Gasteiger partial charge < -0.3 is 11.5 Å². The topological polar surface area (TPSA) is 52.0 Å². The summed E-state index contributed by atoms with van der Waals surface area (Å²) in [6.45, 7) is 10.2. The van der Waals surface area contributed by atoms with E-state index in [0.717, 1.165) is 6.71 Å². The second-order valence-corrected chi connectivity index (χ2v) is 3.30. The summed E-state index contributed by atoms with van der Waals surface area (Å²) < 4.78 is 0. The van der Waals surface area contributed by atoms with Gasteiger partial charge >= 0.3 is 0 Å². The predicted octanol–water partition coefficient (Wildman–Crippen LogP) is 1.83. The second-order valence-electron chi connectivity index (χ2n) is 3.30. The SMILES string of the molecule is CC(N)CN.CCB(CC)CC. The summed E-state index contributed by atoms with van der Waals surface area (Å²) in [4.78, 5) is 0. The lowest BCUT2D eigenvalue weighted by Crippen LogP contribution is -2.25. The monoisotopic (exact) mass is 172 g/mol. The Labute approximate surface area is 78.2 Å². The van der Waals surface area contributed by atoms with Gasteiger partial charge in [0, 0.05) is 12.6 Å². The third-order valence-corrected chi connectivity index (χ3v) is 2.10. The molecule has 0 saturated heterocycles. The Morgan fingerprint density at radius 2 is 1.33 bits per heavy atom. The third-order valence-electron chi connectivity index (χ3n) is 2.10. The van der Waals surface area contributed by atoms with E-state index >= 15 is 0 Å². The fourth-order valence-electron chi connectivity index (χ4n) is 0.866. The van der Waals surface area contributed by atoms with Crippen LogP contribution in [0.5, 0.6) is 0 Å². The maximum Gasteiger partial charge on any atom is 0.139 e. The summed E-state index contributed by atoms with van der Waals surface area (Å²) in [5.74, 6) is 0. The average Bonchev–Trinajstić information content (AvgIpc) is 2.09. The van der Waals surface area contributed by atoms with Crippen molar-refractivity contribution in [3.05, 3.63) is 0 Å². The van der Waals surface area contributed by atoms with Gasteiger partial charge in [-0.15, -0.1) is 0 Å². The first-order chi connectivity index (χ1) is 5.62. The summed E-state index contributed by atoms with van der Waals surface area (Å²) in [5, 5.41) is 0. The second kappa shape index (κ2) is 11.0. The van der Waals surface area contributed by atoms with Gasteiger partial charge in [-0.2, -0.15) is 0 Å². The maximum atomic E-state index is 5.17. The zero-order chi connectivity index (χ0) is 9.98. The van der Waals surface area contributed by atoms with Gasteiger partial charge in [-0.3, -0.25) is 0 Å². The normalized spacial score (nSPS) is 11.5. The van der Waals surface area contributed by atoms with Crippen molar-refractivity contribution in [2.75, 3.05) is 6.54 Å². The summed E-state index contributed by atoms with van der Waals surface area (Å²) >= 11 is 0. The highest BCUT2D eigenvalue weighted by Gasteiger charge is 2.01. The Morgan fingerprint density at radius 1 is 1.08 bits per heavy atom. The number of rotatable bonds is 4. The summed E-state index contributed by atoms with van der Waals surface area (Å²) in [6.07, 6.45) is 4.06. The van der Waals surface area contributed by atoms with E-state index in [1.54, 1.807) is 0 Å². The van der Waals surface area contributed by atoms with E-state index in [4.69, 9.17) is 11.5 Å². The smallest absolute Gasteiger partial charge is 0.139 e. The summed E-state index contributed by atoms with van der Waals surface area (Å²) in [6, 6.07) is 0.162. The Morgan fingerprint density at radius 3 is 1.33 bits per heavy atom. The molecule has 0 heterocycles. The van der Waals surface area contributed by atoms with E-state index in [2.05, 4.69) is 20.8 Å². The van der Waals surface area contributed by atoms with Crippen LogP contribution in [-0.4, -0.2) is 19.3 Å². The van der Waals surface area contributed by atoms with Crippen molar-refractivity contribution in [2.24, 2.45) is 11.5 Å². The van der Waals surface area contributed by atoms with Crippen molar-refractivity contribution >= 4 is 6.71 Å². The van der Waals surface area contributed by atoms with E-state index in [9.17, 15) is 0 Å². The molecule has 0 spiro atoms. The fourth-order valence-corrected chi connectivity index (χ4v) is 0.866. The minimum Gasteiger partial charge on any atom is -0.329 e. The van der Waals surface area contributed by atoms with Gasteiger partial charge in [-0.25, -0.2) is 0 Å². The van der Waals surface area contributed by atoms with Gasteiger partial charge in [0.15, 0.2) is 0 Å². The maximum absolute atomic E-state index is 5.17. The van der Waals surface area contributed by atoms with Gasteiger partial charge in [0.25, 0.3) is 0 Å². The molecule has 74 valence electrons. The molecule has 1 unspecified atom stereocenters. The van der Waals surface area contributed by atoms with Gasteiger partial charge in [-0.1, -0.05) is 39.7 Å². The van der Waals surface area contributed by atoms with Crippen LogP contribution < -0.4 is 11.5 Å². The predicted molar refractivity (Wildman–Crippen MR) is 59.9 cm³/mol. The van der Waals surface area contributed by atoms with Crippen molar-refractivity contribution in [1.29, 1.82) is 0 Å². The molecule has 0 aliphatic carbocycles. The molecule has 2 nitrogen and oxygen atoms in total. The lowest BCUT2D eigenvalue weighted by atomic mass is 9.44. The molecule has 0 aliphatic rings. The molecule has 3 heteroatoms. The number of hydrogen-bond donors (Lipinski definition) is 2. The minimum atomic E-state index is 0.162. The number of hydrogen-bond acceptors (Lipinski definition) is 2. The molecule has 4 N–H and O–H groups in total. The Kier molecular flexibility index (Phi) is 13.3. The molecule has 0 rings (SSSR count). The molecule has 0 amide bonds. The summed E-state index contributed by atoms with van der Waals surface area (Å²) in [7, 11) is 0. The highest BCUT2D eigenvalue weighted by atomic mass is 14.7. The van der Waals surface area contributed by atoms with E-state index < -0.39 is 0 Å². The van der Waals surface area contributed by atoms with Crippen molar-refractivity contribution in [3.8, 4) is 0 Å². The molecule has 0 aromatic carbocycles. The van der Waals surface area contributed by atoms with E-state index in [0.29, 0.717) is 6.54 Å². The molecule has 0 saturated carbocycles. The molecule has 12 heavy (non-hydrogen) atoms. The molecule has 0 aromatic heterocycles. The van der Waals surface area contributed by atoms with Crippen LogP contribution in [0, 0.1) is 0 Å². The zero-order valence-corrected chi connectivity index (χ0v) is 9.14. The van der Waals surface area contributed by atoms with Crippen molar-refractivity contribution in [1.82, 2.24) is 0 Å². The van der Waals surface area contributed by atoms with Crippen molar-refractivity contribution < 1.29 is 0 Å². The molecular weight excluding hydrogens is 147 g/mol. The molecule has 0 fully saturated rings. The van der Waals surface area contributed by atoms with Crippen LogP contribution in [0.25, 0.3) is 0 Å². The van der Waals surface area contributed by atoms with Crippen molar-refractivity contribution in [2.45, 2.75) is 52.7 Å². The number of nitrogens with two attached hydrogens (primary N) is 2. The van der Waals surface area contributed by atoms with Gasteiger partial charge in [0.05, 0.1) is 0 Å². The standard InChI is InChI=1S/C6H15B.C3H10N2/c1-4-7(5-2)6-3;1-3(5)2-4/h4-6H2,1-3H3;3H,2,4-5H2,1H3. The van der Waals surface area contributed by atoms with E-state index in [-0.39, 0.29) is 6.04 Å². The highest BCUT2D eigenvalue weighted by molar-refractivity contribution is 6.58. The fraction of sp³-hybridized carbons (Fsp3) is 1.00. The van der Waals surface area contributed by atoms with Crippen LogP contribution in [0.2, 0.25) is 19.0 Å². The van der Waals surface area contributed by atoms with Gasteiger partial charge in [-0.05, 0) is 6.92 Å². The summed E-state index contributed by atoms with van der Waals surface area (Å²) in [5.41, 5.74) is 10.2. The molecule has 0 aromatic rings. The Hall–Kier alpha value is -0.0151. The first-order valence-corrected chi connectivity index (χ1v) is 5.07. The van der Waals surface area contributed by atoms with Crippen LogP contribution in [0.4, 0.5) is 0 Å². The van der Waals surface area contributed by atoms with Crippen LogP contribution in [-0.2, 0) is 0 Å². The van der Waals surface area contributed by atoms with Gasteiger partial charge in [0.2, 0.25) is 0 Å². The quantitative estimate of drug-likeness (QED) is 0.635. The zero-order valence-electron chi connectivity index (χ0n) is 9.14. The molecule has 1 atom stereocenters.